The Morgan fingerprint density at radius 3 is 2.20 bits per heavy atom. The Balaban J connectivity index is 3.87. The summed E-state index contributed by atoms with van der Waals surface area (Å²) in [7, 11) is 0. The van der Waals surface area contributed by atoms with E-state index in [1.54, 1.807) is 0 Å². The molecule has 0 aliphatic heterocycles. The molecule has 0 heterocycles. The zero-order chi connectivity index (χ0) is 8.15. The van der Waals surface area contributed by atoms with Crippen LogP contribution in [0.2, 0.25) is 0 Å². The molecule has 0 radical (unpaired) electrons. The van der Waals surface area contributed by atoms with Crippen LogP contribution in [0.1, 0.15) is 20.8 Å². The topological polar surface area (TPSA) is 50.1 Å². The van der Waals surface area contributed by atoms with E-state index in [1.807, 2.05) is 19.9 Å². The molecular formula is C7H11NO2. The van der Waals surface area contributed by atoms with Gasteiger partial charge in [0.1, 0.15) is 6.07 Å². The molecule has 0 rings (SSSR count). The van der Waals surface area contributed by atoms with Crippen LogP contribution in [0.25, 0.3) is 0 Å². The number of carbonyl (C=O) groups is 1. The molecule has 0 saturated heterocycles. The Labute approximate surface area is 60.6 Å². The smallest absolute Gasteiger partial charge is 0.303 e. The predicted octanol–water partition coefficient (Wildman–Crippen LogP) is 1.10. The summed E-state index contributed by atoms with van der Waals surface area (Å²) >= 11 is 0. The molecule has 0 fully saturated rings. The van der Waals surface area contributed by atoms with Crippen molar-refractivity contribution in [3.63, 3.8) is 0 Å². The van der Waals surface area contributed by atoms with Crippen molar-refractivity contribution in [1.82, 2.24) is 0 Å². The Kier molecular flexibility index (Phi) is 3.48. The van der Waals surface area contributed by atoms with Gasteiger partial charge in [0, 0.05) is 12.8 Å². The maximum Gasteiger partial charge on any atom is 0.303 e. The second kappa shape index (κ2) is 3.89. The monoisotopic (exact) mass is 141 g/mol. The molecule has 0 unspecified atom stereocenters. The number of ether oxygens (including phenoxy) is 1. The maximum atomic E-state index is 10.3. The van der Waals surface area contributed by atoms with E-state index in [0.29, 0.717) is 0 Å². The lowest BCUT2D eigenvalue weighted by molar-refractivity contribution is -0.145. The van der Waals surface area contributed by atoms with Gasteiger partial charge in [-0.1, -0.05) is 13.8 Å². The molecule has 0 aliphatic rings. The fourth-order valence-corrected chi connectivity index (χ4v) is 0.490. The lowest BCUT2D eigenvalue weighted by atomic mass is 10.1. The fourth-order valence-electron chi connectivity index (χ4n) is 0.490. The molecule has 0 bridgehead atoms. The van der Waals surface area contributed by atoms with Gasteiger partial charge in [0.2, 0.25) is 0 Å². The summed E-state index contributed by atoms with van der Waals surface area (Å²) in [6, 6.07) is 1.89. The second-order valence-electron chi connectivity index (χ2n) is 2.40. The van der Waals surface area contributed by atoms with Crippen LogP contribution in [-0.2, 0) is 9.53 Å². The van der Waals surface area contributed by atoms with Gasteiger partial charge in [-0.3, -0.25) is 4.79 Å². The normalized spacial score (nSPS) is 12.3. The minimum Gasteiger partial charge on any atom is -0.447 e. The molecule has 3 nitrogen and oxygen atoms in total. The average molecular weight is 141 g/mol. The highest BCUT2D eigenvalue weighted by Crippen LogP contribution is 2.04. The highest BCUT2D eigenvalue weighted by atomic mass is 16.5. The number of esters is 1. The van der Waals surface area contributed by atoms with Crippen molar-refractivity contribution in [3.05, 3.63) is 0 Å². The molecule has 10 heavy (non-hydrogen) atoms. The van der Waals surface area contributed by atoms with Crippen molar-refractivity contribution >= 4 is 5.97 Å². The number of hydrogen-bond donors (Lipinski definition) is 0. The van der Waals surface area contributed by atoms with E-state index >= 15 is 0 Å². The van der Waals surface area contributed by atoms with Crippen LogP contribution in [0, 0.1) is 17.2 Å². The van der Waals surface area contributed by atoms with E-state index in [0.717, 1.165) is 0 Å². The molecule has 0 aromatic heterocycles. The molecule has 0 aliphatic carbocycles. The van der Waals surface area contributed by atoms with E-state index in [-0.39, 0.29) is 5.92 Å². The van der Waals surface area contributed by atoms with Crippen LogP contribution in [0.15, 0.2) is 0 Å². The third-order valence-corrected chi connectivity index (χ3v) is 1.03. The van der Waals surface area contributed by atoms with Gasteiger partial charge in [-0.05, 0) is 0 Å². The summed E-state index contributed by atoms with van der Waals surface area (Å²) in [5.74, 6) is -0.339. The van der Waals surface area contributed by atoms with Gasteiger partial charge in [-0.15, -0.1) is 0 Å². The Bertz CT molecular complexity index is 157. The Hall–Kier alpha value is -1.04. The lowest BCUT2D eigenvalue weighted by Gasteiger charge is -2.11. The van der Waals surface area contributed by atoms with Gasteiger partial charge in [0.25, 0.3) is 0 Å². The van der Waals surface area contributed by atoms with Crippen molar-refractivity contribution in [3.8, 4) is 6.07 Å². The highest BCUT2D eigenvalue weighted by molar-refractivity contribution is 5.66. The number of rotatable bonds is 2. The van der Waals surface area contributed by atoms with Crippen LogP contribution >= 0.6 is 0 Å². The number of nitriles is 1. The summed E-state index contributed by atoms with van der Waals surface area (Å²) in [4.78, 5) is 10.3. The Morgan fingerprint density at radius 2 is 2.10 bits per heavy atom. The first-order chi connectivity index (χ1) is 4.57. The van der Waals surface area contributed by atoms with Gasteiger partial charge in [-0.25, -0.2) is 0 Å². The summed E-state index contributed by atoms with van der Waals surface area (Å²) in [6.07, 6.45) is -0.600. The van der Waals surface area contributed by atoms with E-state index in [1.165, 1.54) is 6.92 Å². The molecule has 0 N–H and O–H groups in total. The van der Waals surface area contributed by atoms with Crippen LogP contribution in [0.3, 0.4) is 0 Å². The molecule has 0 aromatic rings. The lowest BCUT2D eigenvalue weighted by Crippen LogP contribution is -2.19. The molecule has 0 aromatic carbocycles. The summed E-state index contributed by atoms with van der Waals surface area (Å²) in [5, 5.41) is 8.42. The van der Waals surface area contributed by atoms with E-state index in [2.05, 4.69) is 4.74 Å². The third-order valence-electron chi connectivity index (χ3n) is 1.03. The first-order valence-corrected chi connectivity index (χ1v) is 3.14. The number of hydrogen-bond acceptors (Lipinski definition) is 3. The molecule has 56 valence electrons. The van der Waals surface area contributed by atoms with E-state index in [4.69, 9.17) is 5.26 Å². The molecule has 0 amide bonds. The Morgan fingerprint density at radius 1 is 1.60 bits per heavy atom. The molecule has 3 heteroatoms. The van der Waals surface area contributed by atoms with Crippen molar-refractivity contribution < 1.29 is 9.53 Å². The second-order valence-corrected chi connectivity index (χ2v) is 2.40. The van der Waals surface area contributed by atoms with Crippen molar-refractivity contribution in [2.75, 3.05) is 0 Å². The minimum absolute atomic E-state index is 0.0638. The third kappa shape index (κ3) is 3.08. The summed E-state index contributed by atoms with van der Waals surface area (Å²) in [6.45, 7) is 4.96. The summed E-state index contributed by atoms with van der Waals surface area (Å²) in [5.41, 5.74) is 0. The molecule has 0 saturated carbocycles. The SMILES string of the molecule is CC(=O)O[C@H](C#N)C(C)C. The largest absolute Gasteiger partial charge is 0.447 e. The maximum absolute atomic E-state index is 10.3. The highest BCUT2D eigenvalue weighted by Gasteiger charge is 2.14. The van der Waals surface area contributed by atoms with Crippen LogP contribution in [0.5, 0.6) is 0 Å². The van der Waals surface area contributed by atoms with E-state index in [9.17, 15) is 4.79 Å². The van der Waals surface area contributed by atoms with Gasteiger partial charge < -0.3 is 4.74 Å². The first kappa shape index (κ1) is 8.96. The van der Waals surface area contributed by atoms with Crippen LogP contribution in [-0.4, -0.2) is 12.1 Å². The molecule has 0 spiro atoms. The predicted molar refractivity (Wildman–Crippen MR) is 36.0 cm³/mol. The fraction of sp³-hybridized carbons (Fsp3) is 0.714. The molecule has 1 atom stereocenters. The molecular weight excluding hydrogens is 130 g/mol. The first-order valence-electron chi connectivity index (χ1n) is 3.14. The zero-order valence-corrected chi connectivity index (χ0v) is 6.42. The van der Waals surface area contributed by atoms with Crippen molar-refractivity contribution in [1.29, 1.82) is 5.26 Å². The number of carbonyl (C=O) groups excluding carboxylic acids is 1. The van der Waals surface area contributed by atoms with E-state index < -0.39 is 12.1 Å². The summed E-state index contributed by atoms with van der Waals surface area (Å²) < 4.78 is 4.66. The van der Waals surface area contributed by atoms with Gasteiger partial charge >= 0.3 is 5.97 Å². The van der Waals surface area contributed by atoms with Gasteiger partial charge in [0.15, 0.2) is 6.10 Å². The quantitative estimate of drug-likeness (QED) is 0.541. The van der Waals surface area contributed by atoms with Gasteiger partial charge in [-0.2, -0.15) is 5.26 Å². The average Bonchev–Trinajstić information content (AvgIpc) is 1.81. The van der Waals surface area contributed by atoms with Crippen LogP contribution in [0.4, 0.5) is 0 Å². The van der Waals surface area contributed by atoms with Gasteiger partial charge in [0.05, 0.1) is 0 Å². The zero-order valence-electron chi connectivity index (χ0n) is 6.42. The van der Waals surface area contributed by atoms with Crippen LogP contribution < -0.4 is 0 Å². The number of nitrogens with zero attached hydrogens (tertiary/aromatic N) is 1. The minimum atomic E-state index is -0.600. The van der Waals surface area contributed by atoms with Crippen molar-refractivity contribution in [2.24, 2.45) is 5.92 Å². The standard InChI is InChI=1S/C7H11NO2/c1-5(2)7(4-8)10-6(3)9/h5,7H,1-3H3/t7-/m1/s1. The van der Waals surface area contributed by atoms with Crippen molar-refractivity contribution in [2.45, 2.75) is 26.9 Å².